The number of aliphatic hydroxyl groups is 1. The Bertz CT molecular complexity index is 248. The zero-order chi connectivity index (χ0) is 14.2. The van der Waals surface area contributed by atoms with E-state index < -0.39 is 0 Å². The molecule has 0 aromatic rings. The maximum atomic E-state index is 9.18. The largest absolute Gasteiger partial charge is 0.396 e. The quantitative estimate of drug-likeness (QED) is 0.704. The van der Waals surface area contributed by atoms with Gasteiger partial charge in [0.1, 0.15) is 0 Å². The molecule has 0 aromatic heterocycles. The molecular formula is C16H33N3O. The topological polar surface area (TPSA) is 38.7 Å². The van der Waals surface area contributed by atoms with Crippen LogP contribution in [0.5, 0.6) is 0 Å². The summed E-state index contributed by atoms with van der Waals surface area (Å²) in [5, 5.41) is 12.8. The maximum absolute atomic E-state index is 9.18. The summed E-state index contributed by atoms with van der Waals surface area (Å²) in [6.45, 7) is 9.53. The minimum Gasteiger partial charge on any atom is -0.396 e. The molecule has 2 fully saturated rings. The van der Waals surface area contributed by atoms with Gasteiger partial charge in [-0.3, -0.25) is 9.80 Å². The number of hydrogen-bond acceptors (Lipinski definition) is 4. The number of hydrogen-bond donors (Lipinski definition) is 2. The second kappa shape index (κ2) is 8.98. The molecule has 1 saturated carbocycles. The van der Waals surface area contributed by atoms with Crippen LogP contribution in [0.3, 0.4) is 0 Å². The fourth-order valence-corrected chi connectivity index (χ4v) is 3.65. The Morgan fingerprint density at radius 1 is 1.15 bits per heavy atom. The lowest BCUT2D eigenvalue weighted by Crippen LogP contribution is -2.52. The minimum atomic E-state index is 0.295. The highest BCUT2D eigenvalue weighted by molar-refractivity contribution is 4.83. The predicted octanol–water partition coefficient (Wildman–Crippen LogP) is 1.30. The molecule has 0 amide bonds. The predicted molar refractivity (Wildman–Crippen MR) is 84.1 cm³/mol. The zero-order valence-electron chi connectivity index (χ0n) is 13.2. The van der Waals surface area contributed by atoms with Gasteiger partial charge >= 0.3 is 0 Å². The molecular weight excluding hydrogens is 250 g/mol. The second-order valence-electron chi connectivity index (χ2n) is 6.44. The molecule has 0 radical (unpaired) electrons. The molecule has 118 valence electrons. The van der Waals surface area contributed by atoms with E-state index in [9.17, 15) is 5.11 Å². The summed E-state index contributed by atoms with van der Waals surface area (Å²) < 4.78 is 0. The van der Waals surface area contributed by atoms with Crippen LogP contribution in [-0.4, -0.2) is 72.9 Å². The minimum absolute atomic E-state index is 0.295. The van der Waals surface area contributed by atoms with Gasteiger partial charge in [-0.15, -0.1) is 0 Å². The van der Waals surface area contributed by atoms with E-state index in [-0.39, 0.29) is 0 Å². The average molecular weight is 283 g/mol. The number of aliphatic hydroxyl groups excluding tert-OH is 1. The van der Waals surface area contributed by atoms with Crippen molar-refractivity contribution >= 4 is 0 Å². The maximum Gasteiger partial charge on any atom is 0.0446 e. The van der Waals surface area contributed by atoms with Crippen molar-refractivity contribution in [1.29, 1.82) is 0 Å². The second-order valence-corrected chi connectivity index (χ2v) is 6.44. The van der Waals surface area contributed by atoms with E-state index in [2.05, 4.69) is 22.0 Å². The molecule has 4 nitrogen and oxygen atoms in total. The van der Waals surface area contributed by atoms with Crippen LogP contribution in [0.2, 0.25) is 0 Å². The van der Waals surface area contributed by atoms with Crippen LogP contribution in [0.1, 0.15) is 45.4 Å². The molecule has 20 heavy (non-hydrogen) atoms. The van der Waals surface area contributed by atoms with Crippen molar-refractivity contribution in [3.05, 3.63) is 0 Å². The van der Waals surface area contributed by atoms with Crippen molar-refractivity contribution in [2.24, 2.45) is 0 Å². The summed E-state index contributed by atoms with van der Waals surface area (Å²) in [6.07, 6.45) is 7.76. The van der Waals surface area contributed by atoms with E-state index in [1.165, 1.54) is 51.9 Å². The van der Waals surface area contributed by atoms with Crippen LogP contribution in [-0.2, 0) is 0 Å². The van der Waals surface area contributed by atoms with E-state index in [0.29, 0.717) is 12.6 Å². The van der Waals surface area contributed by atoms with Gasteiger partial charge in [-0.25, -0.2) is 0 Å². The first-order valence-corrected chi connectivity index (χ1v) is 8.64. The first-order chi connectivity index (χ1) is 9.83. The molecule has 0 aromatic carbocycles. The summed E-state index contributed by atoms with van der Waals surface area (Å²) in [5.41, 5.74) is 0. The average Bonchev–Trinajstić information content (AvgIpc) is 3.00. The van der Waals surface area contributed by atoms with E-state index in [4.69, 9.17) is 0 Å². The van der Waals surface area contributed by atoms with Gasteiger partial charge in [-0.1, -0.05) is 19.8 Å². The summed E-state index contributed by atoms with van der Waals surface area (Å²) in [6, 6.07) is 1.33. The normalized spacial score (nSPS) is 24.3. The van der Waals surface area contributed by atoms with Crippen molar-refractivity contribution in [2.45, 2.75) is 57.5 Å². The van der Waals surface area contributed by atoms with Gasteiger partial charge < -0.3 is 10.4 Å². The molecule has 1 heterocycles. The Hall–Kier alpha value is -0.160. The lowest BCUT2D eigenvalue weighted by molar-refractivity contribution is 0.0886. The molecule has 1 unspecified atom stereocenters. The molecule has 1 saturated heterocycles. The Kier molecular flexibility index (Phi) is 7.28. The van der Waals surface area contributed by atoms with Crippen LogP contribution in [0.25, 0.3) is 0 Å². The zero-order valence-corrected chi connectivity index (χ0v) is 13.2. The van der Waals surface area contributed by atoms with E-state index in [1.807, 2.05) is 0 Å². The van der Waals surface area contributed by atoms with Gasteiger partial charge in [0, 0.05) is 51.4 Å². The molecule has 2 aliphatic rings. The van der Waals surface area contributed by atoms with E-state index >= 15 is 0 Å². The smallest absolute Gasteiger partial charge is 0.0446 e. The van der Waals surface area contributed by atoms with Crippen molar-refractivity contribution in [1.82, 2.24) is 15.1 Å². The number of nitrogens with one attached hydrogen (secondary N) is 1. The first kappa shape index (κ1) is 16.2. The SMILES string of the molecule is CCCNC(CCO)CN1CCN(C2CCCC2)CC1. The Labute approximate surface area is 124 Å². The molecule has 4 heteroatoms. The highest BCUT2D eigenvalue weighted by atomic mass is 16.3. The molecule has 1 aliphatic carbocycles. The molecule has 1 atom stereocenters. The highest BCUT2D eigenvalue weighted by Crippen LogP contribution is 2.24. The van der Waals surface area contributed by atoms with Crippen LogP contribution >= 0.6 is 0 Å². The van der Waals surface area contributed by atoms with Crippen LogP contribution < -0.4 is 5.32 Å². The number of piperazine rings is 1. The fraction of sp³-hybridized carbons (Fsp3) is 1.00. The number of nitrogens with zero attached hydrogens (tertiary/aromatic N) is 2. The Morgan fingerprint density at radius 2 is 1.85 bits per heavy atom. The van der Waals surface area contributed by atoms with Crippen LogP contribution in [0, 0.1) is 0 Å². The number of rotatable bonds is 8. The van der Waals surface area contributed by atoms with Gasteiger partial charge in [0.15, 0.2) is 0 Å². The third-order valence-electron chi connectivity index (χ3n) is 4.89. The molecule has 1 aliphatic heterocycles. The molecule has 2 rings (SSSR count). The monoisotopic (exact) mass is 283 g/mol. The third kappa shape index (κ3) is 4.99. The molecule has 0 spiro atoms. The van der Waals surface area contributed by atoms with Crippen LogP contribution in [0.4, 0.5) is 0 Å². The third-order valence-corrected chi connectivity index (χ3v) is 4.89. The van der Waals surface area contributed by atoms with Gasteiger partial charge in [0.2, 0.25) is 0 Å². The van der Waals surface area contributed by atoms with Crippen molar-refractivity contribution in [3.8, 4) is 0 Å². The molecule has 2 N–H and O–H groups in total. The van der Waals surface area contributed by atoms with E-state index in [1.54, 1.807) is 0 Å². The highest BCUT2D eigenvalue weighted by Gasteiger charge is 2.26. The lowest BCUT2D eigenvalue weighted by atomic mass is 10.1. The van der Waals surface area contributed by atoms with Gasteiger partial charge in [0.05, 0.1) is 0 Å². The van der Waals surface area contributed by atoms with Crippen LogP contribution in [0.15, 0.2) is 0 Å². The summed E-state index contributed by atoms with van der Waals surface area (Å²) in [7, 11) is 0. The van der Waals surface area contributed by atoms with Gasteiger partial charge in [-0.2, -0.15) is 0 Å². The Morgan fingerprint density at radius 3 is 2.45 bits per heavy atom. The van der Waals surface area contributed by atoms with Crippen molar-refractivity contribution < 1.29 is 5.11 Å². The van der Waals surface area contributed by atoms with E-state index in [0.717, 1.165) is 32.0 Å². The summed E-state index contributed by atoms with van der Waals surface area (Å²) in [4.78, 5) is 5.29. The fourth-order valence-electron chi connectivity index (χ4n) is 3.65. The van der Waals surface area contributed by atoms with Crippen molar-refractivity contribution in [3.63, 3.8) is 0 Å². The summed E-state index contributed by atoms with van der Waals surface area (Å²) in [5.74, 6) is 0. The summed E-state index contributed by atoms with van der Waals surface area (Å²) >= 11 is 0. The first-order valence-electron chi connectivity index (χ1n) is 8.64. The van der Waals surface area contributed by atoms with Crippen molar-refractivity contribution in [2.75, 3.05) is 45.9 Å². The molecule has 0 bridgehead atoms. The van der Waals surface area contributed by atoms with Gasteiger partial charge in [0.25, 0.3) is 0 Å². The standard InChI is InChI=1S/C16H33N3O/c1-2-8-17-15(7-13-20)14-18-9-11-19(12-10-18)16-5-3-4-6-16/h15-17,20H,2-14H2,1H3. The Balaban J connectivity index is 1.68. The van der Waals surface area contributed by atoms with Gasteiger partial charge in [-0.05, 0) is 32.2 Å². The lowest BCUT2D eigenvalue weighted by Gasteiger charge is -2.39.